The number of amides is 3. The third-order valence-electron chi connectivity index (χ3n) is 3.80. The molecule has 7 heteroatoms. The number of halogens is 1. The molecule has 0 aliphatic carbocycles. The summed E-state index contributed by atoms with van der Waals surface area (Å²) in [7, 11) is 3.15. The molecule has 0 fully saturated rings. The summed E-state index contributed by atoms with van der Waals surface area (Å²) in [5, 5.41) is 4.45. The Kier molecular flexibility index (Phi) is 7.00. The maximum atomic E-state index is 12.3. The molecule has 1 N–H and O–H groups in total. The van der Waals surface area contributed by atoms with E-state index < -0.39 is 0 Å². The second kappa shape index (κ2) is 9.22. The van der Waals surface area contributed by atoms with Crippen molar-refractivity contribution in [1.82, 2.24) is 9.96 Å². The van der Waals surface area contributed by atoms with Crippen molar-refractivity contribution in [3.8, 4) is 0 Å². The highest BCUT2D eigenvalue weighted by molar-refractivity contribution is 6.31. The van der Waals surface area contributed by atoms with Crippen LogP contribution in [0.25, 0.3) is 0 Å². The van der Waals surface area contributed by atoms with Gasteiger partial charge in [0.1, 0.15) is 0 Å². The van der Waals surface area contributed by atoms with E-state index in [4.69, 9.17) is 16.4 Å². The minimum Gasteiger partial charge on any atom is -0.323 e. The fourth-order valence-corrected chi connectivity index (χ4v) is 2.60. The molecular weight excluding hydrogens is 354 g/mol. The molecule has 0 saturated heterocycles. The molecule has 0 spiro atoms. The SMILES string of the molecule is CON(Cc1ccc(NC(=O)N(C)Cc2ccccc2)cc1Cl)C(C)=O. The Morgan fingerprint density at radius 3 is 2.38 bits per heavy atom. The molecule has 0 saturated carbocycles. The van der Waals surface area contributed by atoms with Gasteiger partial charge in [0.2, 0.25) is 5.91 Å². The molecule has 3 amide bonds. The van der Waals surface area contributed by atoms with Crippen molar-refractivity contribution < 1.29 is 14.4 Å². The summed E-state index contributed by atoms with van der Waals surface area (Å²) in [6, 6.07) is 14.6. The zero-order chi connectivity index (χ0) is 19.1. The first kappa shape index (κ1) is 19.8. The summed E-state index contributed by atoms with van der Waals surface area (Å²) in [4.78, 5) is 30.3. The molecule has 0 heterocycles. The maximum absolute atomic E-state index is 12.3. The van der Waals surface area contributed by atoms with Crippen LogP contribution < -0.4 is 5.32 Å². The van der Waals surface area contributed by atoms with Gasteiger partial charge in [-0.3, -0.25) is 9.63 Å². The van der Waals surface area contributed by atoms with Gasteiger partial charge in [0.15, 0.2) is 0 Å². The first-order valence-electron chi connectivity index (χ1n) is 8.07. The molecule has 0 aliphatic rings. The number of urea groups is 1. The summed E-state index contributed by atoms with van der Waals surface area (Å²) in [5.41, 5.74) is 2.34. The van der Waals surface area contributed by atoms with Crippen LogP contribution in [0.3, 0.4) is 0 Å². The van der Waals surface area contributed by atoms with Crippen LogP contribution in [-0.4, -0.2) is 36.1 Å². The van der Waals surface area contributed by atoms with E-state index in [1.165, 1.54) is 19.1 Å². The Labute approximate surface area is 158 Å². The van der Waals surface area contributed by atoms with Gasteiger partial charge >= 0.3 is 6.03 Å². The molecule has 6 nitrogen and oxygen atoms in total. The number of carbonyl (C=O) groups is 2. The Morgan fingerprint density at radius 1 is 1.12 bits per heavy atom. The molecule has 0 aliphatic heterocycles. The van der Waals surface area contributed by atoms with Crippen molar-refractivity contribution >= 4 is 29.2 Å². The van der Waals surface area contributed by atoms with Crippen molar-refractivity contribution in [2.24, 2.45) is 0 Å². The van der Waals surface area contributed by atoms with Crippen LogP contribution in [0.1, 0.15) is 18.1 Å². The smallest absolute Gasteiger partial charge is 0.321 e. The number of nitrogens with one attached hydrogen (secondary N) is 1. The highest BCUT2D eigenvalue weighted by Crippen LogP contribution is 2.23. The van der Waals surface area contributed by atoms with Crippen LogP contribution in [-0.2, 0) is 22.7 Å². The summed E-state index contributed by atoms with van der Waals surface area (Å²) in [6.07, 6.45) is 0. The lowest BCUT2D eigenvalue weighted by Crippen LogP contribution is -2.30. The number of carbonyl (C=O) groups excluding carboxylic acids is 2. The molecule has 26 heavy (non-hydrogen) atoms. The third-order valence-corrected chi connectivity index (χ3v) is 4.15. The van der Waals surface area contributed by atoms with E-state index >= 15 is 0 Å². The Bertz CT molecular complexity index is 768. The van der Waals surface area contributed by atoms with Crippen LogP contribution in [0.5, 0.6) is 0 Å². The van der Waals surface area contributed by atoms with Gasteiger partial charge in [-0.2, -0.15) is 0 Å². The Balaban J connectivity index is 2.00. The van der Waals surface area contributed by atoms with Gasteiger partial charge in [-0.25, -0.2) is 9.86 Å². The highest BCUT2D eigenvalue weighted by atomic mass is 35.5. The fraction of sp³-hybridized carbons (Fsp3) is 0.263. The summed E-state index contributed by atoms with van der Waals surface area (Å²) < 4.78 is 0. The number of anilines is 1. The predicted molar refractivity (Wildman–Crippen MR) is 102 cm³/mol. The topological polar surface area (TPSA) is 61.9 Å². The van der Waals surface area contributed by atoms with Crippen LogP contribution in [0.2, 0.25) is 5.02 Å². The van der Waals surface area contributed by atoms with Crippen LogP contribution >= 0.6 is 11.6 Å². The standard InChI is InChI=1S/C19H22ClN3O3/c1-14(24)23(26-3)13-16-9-10-17(11-18(16)20)21-19(25)22(2)12-15-7-5-4-6-8-15/h4-11H,12-13H2,1-3H3,(H,21,25). The molecule has 0 unspecified atom stereocenters. The molecule has 0 aromatic heterocycles. The van der Waals surface area contributed by atoms with E-state index in [1.54, 1.807) is 30.1 Å². The van der Waals surface area contributed by atoms with Gasteiger partial charge in [-0.05, 0) is 23.3 Å². The van der Waals surface area contributed by atoms with Gasteiger partial charge in [-0.15, -0.1) is 0 Å². The average Bonchev–Trinajstić information content (AvgIpc) is 2.61. The second-order valence-electron chi connectivity index (χ2n) is 5.82. The number of hydrogen-bond donors (Lipinski definition) is 1. The summed E-state index contributed by atoms with van der Waals surface area (Å²) in [5.74, 6) is -0.219. The molecule has 2 aromatic rings. The van der Waals surface area contributed by atoms with E-state index in [2.05, 4.69) is 5.32 Å². The largest absolute Gasteiger partial charge is 0.323 e. The zero-order valence-electron chi connectivity index (χ0n) is 15.0. The molecule has 2 rings (SSSR count). The van der Waals surface area contributed by atoms with E-state index in [1.807, 2.05) is 30.3 Å². The van der Waals surface area contributed by atoms with Gasteiger partial charge in [0.05, 0.1) is 13.7 Å². The average molecular weight is 376 g/mol. The van der Waals surface area contributed by atoms with E-state index in [0.717, 1.165) is 11.1 Å². The monoisotopic (exact) mass is 375 g/mol. The third kappa shape index (κ3) is 5.47. The van der Waals surface area contributed by atoms with Crippen LogP contribution in [0, 0.1) is 0 Å². The maximum Gasteiger partial charge on any atom is 0.321 e. The normalized spacial score (nSPS) is 10.3. The summed E-state index contributed by atoms with van der Waals surface area (Å²) >= 11 is 6.27. The van der Waals surface area contributed by atoms with Crippen molar-refractivity contribution in [3.05, 3.63) is 64.7 Å². The van der Waals surface area contributed by atoms with Crippen molar-refractivity contribution in [2.45, 2.75) is 20.0 Å². The first-order valence-corrected chi connectivity index (χ1v) is 8.45. The lowest BCUT2D eigenvalue weighted by Gasteiger charge is -2.20. The number of benzene rings is 2. The Morgan fingerprint density at radius 2 is 1.81 bits per heavy atom. The van der Waals surface area contributed by atoms with Gasteiger partial charge in [0.25, 0.3) is 0 Å². The molecule has 138 valence electrons. The van der Waals surface area contributed by atoms with Gasteiger partial charge < -0.3 is 10.2 Å². The van der Waals surface area contributed by atoms with E-state index in [9.17, 15) is 9.59 Å². The second-order valence-corrected chi connectivity index (χ2v) is 6.22. The molecule has 2 aromatic carbocycles. The molecule has 0 bridgehead atoms. The highest BCUT2D eigenvalue weighted by Gasteiger charge is 2.13. The predicted octanol–water partition coefficient (Wildman–Crippen LogP) is 3.91. The van der Waals surface area contributed by atoms with Crippen molar-refractivity contribution in [3.63, 3.8) is 0 Å². The quantitative estimate of drug-likeness (QED) is 0.778. The van der Waals surface area contributed by atoms with Crippen LogP contribution in [0.4, 0.5) is 10.5 Å². The molecule has 0 atom stereocenters. The van der Waals surface area contributed by atoms with Crippen LogP contribution in [0.15, 0.2) is 48.5 Å². The number of rotatable bonds is 6. The molecule has 0 radical (unpaired) electrons. The van der Waals surface area contributed by atoms with E-state index in [-0.39, 0.29) is 18.5 Å². The van der Waals surface area contributed by atoms with Gasteiger partial charge in [-0.1, -0.05) is 48.0 Å². The minimum absolute atomic E-state index is 0.219. The lowest BCUT2D eigenvalue weighted by molar-refractivity contribution is -0.176. The van der Waals surface area contributed by atoms with Crippen molar-refractivity contribution in [2.75, 3.05) is 19.5 Å². The lowest BCUT2D eigenvalue weighted by atomic mass is 10.2. The number of nitrogens with zero attached hydrogens (tertiary/aromatic N) is 2. The zero-order valence-corrected chi connectivity index (χ0v) is 15.8. The van der Waals surface area contributed by atoms with Gasteiger partial charge in [0, 0.05) is 31.2 Å². The van der Waals surface area contributed by atoms with E-state index in [0.29, 0.717) is 17.3 Å². The first-order chi connectivity index (χ1) is 12.4. The Hall–Kier alpha value is -2.57. The fourth-order valence-electron chi connectivity index (χ4n) is 2.36. The van der Waals surface area contributed by atoms with Crippen molar-refractivity contribution in [1.29, 1.82) is 0 Å². The molecular formula is C19H22ClN3O3. The minimum atomic E-state index is -0.236. The number of hydrogen-bond acceptors (Lipinski definition) is 3. The summed E-state index contributed by atoms with van der Waals surface area (Å²) in [6.45, 7) is 2.14. The number of hydroxylamine groups is 2.